The molecule has 6 heteroatoms. The number of hydrogen-bond acceptors (Lipinski definition) is 5. The highest BCUT2D eigenvalue weighted by Gasteiger charge is 2.10. The minimum absolute atomic E-state index is 0.255. The molecule has 144 valence electrons. The number of ether oxygens (including phenoxy) is 2. The average Bonchev–Trinajstić information content (AvgIpc) is 2.77. The van der Waals surface area contributed by atoms with Gasteiger partial charge in [-0.1, -0.05) is 36.4 Å². The maximum Gasteiger partial charge on any atom is 0.349 e. The van der Waals surface area contributed by atoms with Gasteiger partial charge in [0.05, 0.1) is 11.6 Å². The predicted octanol–water partition coefficient (Wildman–Crippen LogP) is 3.47. The second-order valence-corrected chi connectivity index (χ2v) is 6.10. The zero-order valence-corrected chi connectivity index (χ0v) is 15.5. The lowest BCUT2D eigenvalue weighted by atomic mass is 10.2. The van der Waals surface area contributed by atoms with Crippen LogP contribution in [0.5, 0.6) is 11.5 Å². The van der Waals surface area contributed by atoms with Crippen molar-refractivity contribution in [2.45, 2.75) is 6.54 Å². The lowest BCUT2D eigenvalue weighted by molar-refractivity contribution is -0.136. The third kappa shape index (κ3) is 5.94. The van der Waals surface area contributed by atoms with Crippen LogP contribution in [-0.4, -0.2) is 18.5 Å². The van der Waals surface area contributed by atoms with Gasteiger partial charge in [-0.15, -0.1) is 0 Å². The number of benzene rings is 3. The summed E-state index contributed by atoms with van der Waals surface area (Å²) in [6.45, 7) is 0.110. The van der Waals surface area contributed by atoms with Gasteiger partial charge in [0.15, 0.2) is 6.61 Å². The molecule has 0 unspecified atom stereocenters. The van der Waals surface area contributed by atoms with E-state index in [1.807, 2.05) is 36.4 Å². The van der Waals surface area contributed by atoms with Crippen molar-refractivity contribution in [2.24, 2.45) is 0 Å². The van der Waals surface area contributed by atoms with E-state index in [1.54, 1.807) is 42.5 Å². The molecule has 0 heterocycles. The van der Waals surface area contributed by atoms with E-state index in [0.29, 0.717) is 23.4 Å². The summed E-state index contributed by atoms with van der Waals surface area (Å²) >= 11 is 0. The molecule has 29 heavy (non-hydrogen) atoms. The number of rotatable bonds is 7. The third-order valence-corrected chi connectivity index (χ3v) is 3.96. The maximum atomic E-state index is 12.3. The Labute approximate surface area is 168 Å². The molecule has 0 aliphatic rings. The molecule has 0 bridgehead atoms. The van der Waals surface area contributed by atoms with Gasteiger partial charge in [-0.3, -0.25) is 4.79 Å². The van der Waals surface area contributed by atoms with Gasteiger partial charge >= 0.3 is 5.97 Å². The Morgan fingerprint density at radius 2 is 1.66 bits per heavy atom. The smallest absolute Gasteiger partial charge is 0.349 e. The van der Waals surface area contributed by atoms with E-state index in [-0.39, 0.29) is 18.3 Å². The maximum absolute atomic E-state index is 12.3. The molecule has 0 fully saturated rings. The molecule has 0 saturated carbocycles. The SMILES string of the molecule is N#Cc1ccc(OCC(=O)Oc2cccc(C(=O)NCc3ccccc3)c2)cc1. The van der Waals surface area contributed by atoms with Gasteiger partial charge in [0.2, 0.25) is 0 Å². The molecule has 0 atom stereocenters. The fraction of sp³-hybridized carbons (Fsp3) is 0.0870. The number of nitriles is 1. The largest absolute Gasteiger partial charge is 0.482 e. The number of nitrogens with zero attached hydrogens (tertiary/aromatic N) is 1. The van der Waals surface area contributed by atoms with Gasteiger partial charge in [0, 0.05) is 12.1 Å². The summed E-state index contributed by atoms with van der Waals surface area (Å²) in [5.41, 5.74) is 1.88. The van der Waals surface area contributed by atoms with Crippen LogP contribution in [0.15, 0.2) is 78.9 Å². The first-order chi connectivity index (χ1) is 14.1. The Kier molecular flexibility index (Phi) is 6.58. The number of nitrogens with one attached hydrogen (secondary N) is 1. The highest BCUT2D eigenvalue weighted by Crippen LogP contribution is 2.15. The monoisotopic (exact) mass is 386 g/mol. The topological polar surface area (TPSA) is 88.4 Å². The second-order valence-electron chi connectivity index (χ2n) is 6.10. The molecular formula is C23H18N2O4. The first-order valence-corrected chi connectivity index (χ1v) is 8.90. The molecule has 1 N–H and O–H groups in total. The average molecular weight is 386 g/mol. The van der Waals surface area contributed by atoms with Crippen molar-refractivity contribution < 1.29 is 19.1 Å². The first kappa shape index (κ1) is 19.6. The molecular weight excluding hydrogens is 368 g/mol. The number of amides is 1. The first-order valence-electron chi connectivity index (χ1n) is 8.90. The quantitative estimate of drug-likeness (QED) is 0.496. The summed E-state index contributed by atoms with van der Waals surface area (Å²) in [4.78, 5) is 24.3. The molecule has 0 aliphatic carbocycles. The molecule has 3 aromatic carbocycles. The number of carbonyl (C=O) groups is 2. The Balaban J connectivity index is 1.52. The van der Waals surface area contributed by atoms with Gasteiger partial charge in [-0.25, -0.2) is 4.79 Å². The summed E-state index contributed by atoms with van der Waals surface area (Å²) in [5.74, 6) is -0.155. The molecule has 0 saturated heterocycles. The van der Waals surface area contributed by atoms with Crippen LogP contribution in [0.3, 0.4) is 0 Å². The number of esters is 1. The van der Waals surface area contributed by atoms with Gasteiger partial charge in [0.1, 0.15) is 11.5 Å². The zero-order valence-electron chi connectivity index (χ0n) is 15.5. The molecule has 6 nitrogen and oxygen atoms in total. The minimum Gasteiger partial charge on any atom is -0.482 e. The van der Waals surface area contributed by atoms with Crippen molar-refractivity contribution in [3.05, 3.63) is 95.6 Å². The summed E-state index contributed by atoms with van der Waals surface area (Å²) in [6.07, 6.45) is 0. The fourth-order valence-electron chi connectivity index (χ4n) is 2.51. The third-order valence-electron chi connectivity index (χ3n) is 3.96. The number of hydrogen-bond donors (Lipinski definition) is 1. The lowest BCUT2D eigenvalue weighted by Gasteiger charge is -2.09. The molecule has 3 rings (SSSR count). The van der Waals surface area contributed by atoms with E-state index in [4.69, 9.17) is 14.7 Å². The van der Waals surface area contributed by atoms with E-state index in [0.717, 1.165) is 5.56 Å². The predicted molar refractivity (Wildman–Crippen MR) is 106 cm³/mol. The Morgan fingerprint density at radius 1 is 0.897 bits per heavy atom. The zero-order chi connectivity index (χ0) is 20.5. The standard InChI is InChI=1S/C23H18N2O4/c24-14-17-9-11-20(12-10-17)28-16-22(26)29-21-8-4-7-19(13-21)23(27)25-15-18-5-2-1-3-6-18/h1-13H,15-16H2,(H,25,27). The molecule has 0 spiro atoms. The molecule has 0 radical (unpaired) electrons. The molecule has 3 aromatic rings. The van der Waals surface area contributed by atoms with Crippen molar-refractivity contribution in [3.8, 4) is 17.6 Å². The van der Waals surface area contributed by atoms with Gasteiger partial charge in [-0.05, 0) is 48.0 Å². The van der Waals surface area contributed by atoms with Crippen LogP contribution in [0.4, 0.5) is 0 Å². The lowest BCUT2D eigenvalue weighted by Crippen LogP contribution is -2.23. The van der Waals surface area contributed by atoms with Crippen LogP contribution in [0.25, 0.3) is 0 Å². The second kappa shape index (κ2) is 9.72. The van der Waals surface area contributed by atoms with E-state index in [1.165, 1.54) is 6.07 Å². The Bertz CT molecular complexity index is 1020. The van der Waals surface area contributed by atoms with Crippen LogP contribution >= 0.6 is 0 Å². The van der Waals surface area contributed by atoms with Gasteiger partial charge in [0.25, 0.3) is 5.91 Å². The normalized spacial score (nSPS) is 9.90. The van der Waals surface area contributed by atoms with Crippen LogP contribution in [0.2, 0.25) is 0 Å². The minimum atomic E-state index is -0.601. The van der Waals surface area contributed by atoms with Crippen molar-refractivity contribution >= 4 is 11.9 Å². The van der Waals surface area contributed by atoms with Gasteiger partial charge < -0.3 is 14.8 Å². The highest BCUT2D eigenvalue weighted by atomic mass is 16.6. The van der Waals surface area contributed by atoms with Crippen LogP contribution in [-0.2, 0) is 11.3 Å². The molecule has 1 amide bonds. The van der Waals surface area contributed by atoms with Crippen molar-refractivity contribution in [2.75, 3.05) is 6.61 Å². The van der Waals surface area contributed by atoms with E-state index in [2.05, 4.69) is 5.32 Å². The Morgan fingerprint density at radius 3 is 2.38 bits per heavy atom. The summed E-state index contributed by atoms with van der Waals surface area (Å²) < 4.78 is 10.6. The van der Waals surface area contributed by atoms with Crippen molar-refractivity contribution in [1.82, 2.24) is 5.32 Å². The van der Waals surface area contributed by atoms with Crippen LogP contribution in [0.1, 0.15) is 21.5 Å². The van der Waals surface area contributed by atoms with Crippen molar-refractivity contribution in [3.63, 3.8) is 0 Å². The highest BCUT2D eigenvalue weighted by molar-refractivity contribution is 5.94. The fourth-order valence-corrected chi connectivity index (χ4v) is 2.51. The van der Waals surface area contributed by atoms with Crippen molar-refractivity contribution in [1.29, 1.82) is 5.26 Å². The Hall–Kier alpha value is -4.11. The van der Waals surface area contributed by atoms with E-state index >= 15 is 0 Å². The van der Waals surface area contributed by atoms with E-state index in [9.17, 15) is 9.59 Å². The molecule has 0 aliphatic heterocycles. The summed E-state index contributed by atoms with van der Waals surface area (Å²) in [5, 5.41) is 11.6. The summed E-state index contributed by atoms with van der Waals surface area (Å²) in [6, 6.07) is 24.3. The summed E-state index contributed by atoms with van der Waals surface area (Å²) in [7, 11) is 0. The van der Waals surface area contributed by atoms with Gasteiger partial charge in [-0.2, -0.15) is 5.26 Å². The van der Waals surface area contributed by atoms with Crippen LogP contribution in [0, 0.1) is 11.3 Å². The molecule has 0 aromatic heterocycles. The van der Waals surface area contributed by atoms with Crippen LogP contribution < -0.4 is 14.8 Å². The van der Waals surface area contributed by atoms with E-state index < -0.39 is 5.97 Å². The number of carbonyl (C=O) groups excluding carboxylic acids is 2.